The number of ether oxygens (including phenoxy) is 1. The molecule has 0 saturated heterocycles. The molecule has 1 aromatic carbocycles. The minimum atomic E-state index is -4.23. The molecule has 0 aliphatic carbocycles. The molecule has 0 spiro atoms. The van der Waals surface area contributed by atoms with Crippen LogP contribution in [0.15, 0.2) is 29.2 Å². The lowest BCUT2D eigenvalue weighted by molar-refractivity contribution is -0.384. The van der Waals surface area contributed by atoms with Crippen LogP contribution in [0.4, 0.5) is 5.69 Å². The highest BCUT2D eigenvalue weighted by molar-refractivity contribution is 7.86. The Bertz CT molecular complexity index is 622. The van der Waals surface area contributed by atoms with Gasteiger partial charge in [-0.1, -0.05) is 13.8 Å². The predicted molar refractivity (Wildman–Crippen MR) is 72.0 cm³/mol. The minimum absolute atomic E-state index is 0.248. The van der Waals surface area contributed by atoms with Crippen molar-refractivity contribution in [2.75, 3.05) is 7.11 Å². The third-order valence-electron chi connectivity index (χ3n) is 2.61. The van der Waals surface area contributed by atoms with Crippen molar-refractivity contribution in [1.82, 2.24) is 0 Å². The van der Waals surface area contributed by atoms with Crippen LogP contribution in [-0.4, -0.2) is 32.5 Å². The second kappa shape index (κ2) is 6.64. The van der Waals surface area contributed by atoms with E-state index in [1.807, 2.05) is 0 Å². The maximum Gasteiger partial charge on any atom is 0.336 e. The number of benzene rings is 1. The van der Waals surface area contributed by atoms with E-state index in [0.717, 1.165) is 31.4 Å². The van der Waals surface area contributed by atoms with E-state index in [-0.39, 0.29) is 10.6 Å². The molecule has 0 unspecified atom stereocenters. The van der Waals surface area contributed by atoms with Gasteiger partial charge in [-0.15, -0.1) is 0 Å². The Hall–Kier alpha value is -2.00. The summed E-state index contributed by atoms with van der Waals surface area (Å²) in [4.78, 5) is 21.1. The van der Waals surface area contributed by atoms with Gasteiger partial charge in [-0.25, -0.2) is 4.79 Å². The molecule has 8 nitrogen and oxygen atoms in total. The Labute approximate surface area is 121 Å². The zero-order chi connectivity index (χ0) is 16.2. The van der Waals surface area contributed by atoms with Crippen molar-refractivity contribution in [1.29, 1.82) is 0 Å². The summed E-state index contributed by atoms with van der Waals surface area (Å²) >= 11 is 0. The van der Waals surface area contributed by atoms with Gasteiger partial charge >= 0.3 is 5.97 Å². The van der Waals surface area contributed by atoms with E-state index in [1.165, 1.54) is 0 Å². The van der Waals surface area contributed by atoms with Gasteiger partial charge in [0.25, 0.3) is 15.8 Å². The van der Waals surface area contributed by atoms with Crippen LogP contribution >= 0.6 is 0 Å². The maximum atomic E-state index is 12.0. The molecule has 1 aromatic rings. The fourth-order valence-corrected chi connectivity index (χ4v) is 2.62. The number of carbonyl (C=O) groups is 1. The second-order valence-corrected chi connectivity index (χ2v) is 6.06. The Morgan fingerprint density at radius 2 is 1.76 bits per heavy atom. The smallest absolute Gasteiger partial charge is 0.336 e. The standard InChI is InChI=1S/C12H15NO7S/c1-8(2)11(12(14)19-3)20-21(17,18)10-6-4-9(5-7-10)13(15)16/h4-8,11H,1-3H3/t11-/m1/s1. The SMILES string of the molecule is COC(=O)[C@H](OS(=O)(=O)c1ccc([N+](=O)[O-])cc1)C(C)C. The fraction of sp³-hybridized carbons (Fsp3) is 0.417. The van der Waals surface area contributed by atoms with Gasteiger partial charge in [0, 0.05) is 12.1 Å². The van der Waals surface area contributed by atoms with Crippen LogP contribution in [0.25, 0.3) is 0 Å². The van der Waals surface area contributed by atoms with Gasteiger partial charge in [0.1, 0.15) is 0 Å². The van der Waals surface area contributed by atoms with Crippen molar-refractivity contribution in [3.8, 4) is 0 Å². The van der Waals surface area contributed by atoms with Crippen molar-refractivity contribution < 1.29 is 27.1 Å². The monoisotopic (exact) mass is 317 g/mol. The molecular formula is C12H15NO7S. The first-order valence-corrected chi connectivity index (χ1v) is 7.35. The van der Waals surface area contributed by atoms with Gasteiger partial charge in [0.15, 0.2) is 6.10 Å². The summed E-state index contributed by atoms with van der Waals surface area (Å²) in [7, 11) is -3.10. The first kappa shape index (κ1) is 17.1. The summed E-state index contributed by atoms with van der Waals surface area (Å²) < 4.78 is 33.5. The number of methoxy groups -OCH3 is 1. The summed E-state index contributed by atoms with van der Waals surface area (Å²) in [5.74, 6) is -1.24. The van der Waals surface area contributed by atoms with Gasteiger partial charge in [-0.2, -0.15) is 8.42 Å². The average Bonchev–Trinajstić information content (AvgIpc) is 2.43. The maximum absolute atomic E-state index is 12.0. The lowest BCUT2D eigenvalue weighted by Gasteiger charge is -2.18. The molecule has 0 aromatic heterocycles. The van der Waals surface area contributed by atoms with Crippen molar-refractivity contribution in [3.05, 3.63) is 34.4 Å². The molecule has 0 heterocycles. The van der Waals surface area contributed by atoms with Crippen LogP contribution in [-0.2, 0) is 23.8 Å². The number of carbonyl (C=O) groups excluding carboxylic acids is 1. The zero-order valence-corrected chi connectivity index (χ0v) is 12.5. The highest BCUT2D eigenvalue weighted by Gasteiger charge is 2.31. The van der Waals surface area contributed by atoms with Gasteiger partial charge in [0.2, 0.25) is 0 Å². The molecule has 0 aliphatic rings. The molecule has 0 fully saturated rings. The number of rotatable bonds is 6. The molecule has 0 bridgehead atoms. The summed E-state index contributed by atoms with van der Waals surface area (Å²) in [5.41, 5.74) is -0.248. The molecular weight excluding hydrogens is 302 g/mol. The molecule has 1 atom stereocenters. The van der Waals surface area contributed by atoms with E-state index < -0.39 is 33.0 Å². The summed E-state index contributed by atoms with van der Waals surface area (Å²) in [6, 6.07) is 4.17. The first-order valence-electron chi connectivity index (χ1n) is 5.94. The zero-order valence-electron chi connectivity index (χ0n) is 11.7. The van der Waals surface area contributed by atoms with Gasteiger partial charge in [-0.3, -0.25) is 14.3 Å². The van der Waals surface area contributed by atoms with E-state index in [0.29, 0.717) is 0 Å². The third kappa shape index (κ3) is 4.23. The summed E-state index contributed by atoms with van der Waals surface area (Å²) in [6.45, 7) is 3.21. The van der Waals surface area contributed by atoms with E-state index in [9.17, 15) is 23.3 Å². The molecule has 0 aliphatic heterocycles. The van der Waals surface area contributed by atoms with E-state index >= 15 is 0 Å². The number of nitro groups is 1. The van der Waals surface area contributed by atoms with Crippen LogP contribution in [0.5, 0.6) is 0 Å². The highest BCUT2D eigenvalue weighted by atomic mass is 32.2. The number of hydrogen-bond donors (Lipinski definition) is 0. The Morgan fingerprint density at radius 3 is 2.14 bits per heavy atom. The molecule has 0 saturated carbocycles. The van der Waals surface area contributed by atoms with Gasteiger partial charge in [-0.05, 0) is 18.1 Å². The summed E-state index contributed by atoms with van der Waals surface area (Å²) in [5, 5.41) is 10.5. The third-order valence-corrected chi connectivity index (χ3v) is 3.92. The molecule has 1 rings (SSSR count). The first-order chi connectivity index (χ1) is 9.69. The molecule has 0 amide bonds. The molecule has 0 radical (unpaired) electrons. The second-order valence-electron chi connectivity index (χ2n) is 4.49. The van der Waals surface area contributed by atoms with Gasteiger partial charge in [0.05, 0.1) is 16.9 Å². The lowest BCUT2D eigenvalue weighted by atomic mass is 10.1. The van der Waals surface area contributed by atoms with Crippen molar-refractivity contribution in [2.24, 2.45) is 5.92 Å². The molecule has 116 valence electrons. The Balaban J connectivity index is 3.04. The van der Waals surface area contributed by atoms with E-state index in [2.05, 4.69) is 4.74 Å². The number of esters is 1. The number of nitrogens with zero attached hydrogens (tertiary/aromatic N) is 1. The quantitative estimate of drug-likeness (QED) is 0.338. The summed E-state index contributed by atoms with van der Waals surface area (Å²) in [6.07, 6.45) is -1.28. The van der Waals surface area contributed by atoms with E-state index in [1.54, 1.807) is 13.8 Å². The molecule has 9 heteroatoms. The topological polar surface area (TPSA) is 113 Å². The van der Waals surface area contributed by atoms with Crippen molar-refractivity contribution >= 4 is 21.8 Å². The number of hydrogen-bond acceptors (Lipinski definition) is 7. The average molecular weight is 317 g/mol. The van der Waals surface area contributed by atoms with Crippen LogP contribution < -0.4 is 0 Å². The number of nitro benzene ring substituents is 1. The highest BCUT2D eigenvalue weighted by Crippen LogP contribution is 2.21. The van der Waals surface area contributed by atoms with Crippen LogP contribution in [0.2, 0.25) is 0 Å². The van der Waals surface area contributed by atoms with Crippen molar-refractivity contribution in [2.45, 2.75) is 24.8 Å². The fourth-order valence-electron chi connectivity index (χ4n) is 1.47. The molecule has 21 heavy (non-hydrogen) atoms. The van der Waals surface area contributed by atoms with E-state index in [4.69, 9.17) is 4.18 Å². The van der Waals surface area contributed by atoms with Gasteiger partial charge < -0.3 is 4.74 Å². The normalized spacial score (nSPS) is 13.0. The lowest BCUT2D eigenvalue weighted by Crippen LogP contribution is -2.33. The van der Waals surface area contributed by atoms with Crippen molar-refractivity contribution in [3.63, 3.8) is 0 Å². The minimum Gasteiger partial charge on any atom is -0.467 e. The molecule has 0 N–H and O–H groups in total. The Morgan fingerprint density at radius 1 is 1.24 bits per heavy atom. The van der Waals surface area contributed by atoms with Crippen LogP contribution in [0, 0.1) is 16.0 Å². The van der Waals surface area contributed by atoms with Crippen LogP contribution in [0.3, 0.4) is 0 Å². The Kier molecular flexibility index (Phi) is 5.39. The number of non-ortho nitro benzene ring substituents is 1. The predicted octanol–water partition coefficient (Wildman–Crippen LogP) is 1.50. The van der Waals surface area contributed by atoms with Crippen LogP contribution in [0.1, 0.15) is 13.8 Å². The largest absolute Gasteiger partial charge is 0.467 e.